The molecule has 2 amide bonds. The number of likely N-dealkylation sites (tertiary alicyclic amines) is 1. The van der Waals surface area contributed by atoms with Gasteiger partial charge in [0.1, 0.15) is 0 Å². The first-order valence-corrected chi connectivity index (χ1v) is 12.0. The van der Waals surface area contributed by atoms with Gasteiger partial charge in [0.05, 0.1) is 5.41 Å². The van der Waals surface area contributed by atoms with E-state index in [1.807, 2.05) is 23.1 Å². The van der Waals surface area contributed by atoms with Crippen LogP contribution in [0.3, 0.4) is 0 Å². The summed E-state index contributed by atoms with van der Waals surface area (Å²) < 4.78 is 28.7. The third-order valence-electron chi connectivity index (χ3n) is 8.35. The highest BCUT2D eigenvalue weighted by Gasteiger charge is 2.50. The lowest BCUT2D eigenvalue weighted by atomic mass is 9.62. The first kappa shape index (κ1) is 22.1. The number of halogens is 2. The second-order valence-corrected chi connectivity index (χ2v) is 9.99. The van der Waals surface area contributed by atoms with Crippen LogP contribution in [-0.4, -0.2) is 36.3 Å². The highest BCUT2D eigenvalue weighted by atomic mass is 19.2. The molecule has 3 aliphatic rings. The maximum atomic E-state index is 14.7. The lowest BCUT2D eigenvalue weighted by Gasteiger charge is -2.50. The minimum Gasteiger partial charge on any atom is -0.355 e. The molecule has 6 heteroatoms. The molecule has 1 aliphatic carbocycles. The van der Waals surface area contributed by atoms with E-state index in [1.165, 1.54) is 6.07 Å². The van der Waals surface area contributed by atoms with Crippen molar-refractivity contribution in [3.63, 3.8) is 0 Å². The summed E-state index contributed by atoms with van der Waals surface area (Å²) >= 11 is 0. The van der Waals surface area contributed by atoms with Gasteiger partial charge in [0, 0.05) is 32.0 Å². The molecule has 2 aromatic carbocycles. The molecule has 33 heavy (non-hydrogen) atoms. The Kier molecular flexibility index (Phi) is 5.71. The first-order valence-electron chi connectivity index (χ1n) is 12.0. The van der Waals surface area contributed by atoms with Gasteiger partial charge < -0.3 is 10.2 Å². The van der Waals surface area contributed by atoms with Gasteiger partial charge in [-0.3, -0.25) is 9.59 Å². The van der Waals surface area contributed by atoms with Crippen molar-refractivity contribution in [3.8, 4) is 0 Å². The Morgan fingerprint density at radius 3 is 2.33 bits per heavy atom. The van der Waals surface area contributed by atoms with E-state index in [4.69, 9.17) is 0 Å². The average Bonchev–Trinajstić information content (AvgIpc) is 3.33. The second kappa shape index (κ2) is 8.54. The molecule has 1 atom stereocenters. The van der Waals surface area contributed by atoms with Crippen LogP contribution in [0.1, 0.15) is 62.0 Å². The van der Waals surface area contributed by atoms with Crippen molar-refractivity contribution in [1.29, 1.82) is 0 Å². The first-order chi connectivity index (χ1) is 16.0. The molecule has 2 aromatic rings. The van der Waals surface area contributed by atoms with Crippen LogP contribution in [0, 0.1) is 17.0 Å². The zero-order valence-electron chi connectivity index (χ0n) is 18.8. The topological polar surface area (TPSA) is 49.4 Å². The van der Waals surface area contributed by atoms with E-state index in [2.05, 4.69) is 17.4 Å². The summed E-state index contributed by atoms with van der Waals surface area (Å²) in [5.41, 5.74) is 0.475. The van der Waals surface area contributed by atoms with Gasteiger partial charge in [0.25, 0.3) is 0 Å². The monoisotopic (exact) mass is 452 g/mol. The molecule has 0 unspecified atom stereocenters. The van der Waals surface area contributed by atoms with Gasteiger partial charge in [-0.05, 0) is 48.3 Å². The number of benzene rings is 2. The highest BCUT2D eigenvalue weighted by Crippen LogP contribution is 2.50. The predicted molar refractivity (Wildman–Crippen MR) is 122 cm³/mol. The van der Waals surface area contributed by atoms with E-state index in [0.717, 1.165) is 37.3 Å². The minimum absolute atomic E-state index is 0.0561. The molecule has 0 bridgehead atoms. The van der Waals surface area contributed by atoms with Gasteiger partial charge in [0.15, 0.2) is 11.6 Å². The van der Waals surface area contributed by atoms with E-state index in [9.17, 15) is 18.4 Å². The van der Waals surface area contributed by atoms with E-state index in [-0.39, 0.29) is 24.2 Å². The van der Waals surface area contributed by atoms with Crippen LogP contribution in [0.5, 0.6) is 0 Å². The number of rotatable bonds is 3. The van der Waals surface area contributed by atoms with Gasteiger partial charge in [-0.25, -0.2) is 8.78 Å². The minimum atomic E-state index is -0.863. The number of carbonyl (C=O) groups is 2. The van der Waals surface area contributed by atoms with Gasteiger partial charge in [-0.2, -0.15) is 0 Å². The summed E-state index contributed by atoms with van der Waals surface area (Å²) in [5, 5.41) is 2.85. The Morgan fingerprint density at radius 2 is 1.64 bits per heavy atom. The number of hydrogen-bond donors (Lipinski definition) is 1. The maximum Gasteiger partial charge on any atom is 0.233 e. The van der Waals surface area contributed by atoms with Crippen LogP contribution < -0.4 is 5.32 Å². The standard InChI is InChI=1S/C27H30F2N2O2/c28-22-10-6-9-20(24(22)29)21-18-30-23(32)17-26(21)13-15-31(16-14-26)25(33)27(11-4-5-12-27)19-7-2-1-3-8-19/h1-3,6-10,21H,4-5,11-18H2,(H,30,32)/t21-/m0/s1. The van der Waals surface area contributed by atoms with Gasteiger partial charge in [0.2, 0.25) is 11.8 Å². The highest BCUT2D eigenvalue weighted by molar-refractivity contribution is 5.89. The summed E-state index contributed by atoms with van der Waals surface area (Å²) in [6.45, 7) is 1.36. The quantitative estimate of drug-likeness (QED) is 0.735. The Bertz CT molecular complexity index is 1040. The number of amides is 2. The number of carbonyl (C=O) groups excluding carboxylic acids is 2. The molecule has 0 aromatic heterocycles. The maximum absolute atomic E-state index is 14.7. The smallest absolute Gasteiger partial charge is 0.233 e. The summed E-state index contributed by atoms with van der Waals surface area (Å²) in [7, 11) is 0. The van der Waals surface area contributed by atoms with Crippen LogP contribution in [0.25, 0.3) is 0 Å². The van der Waals surface area contributed by atoms with E-state index in [0.29, 0.717) is 38.0 Å². The molecule has 3 fully saturated rings. The molecule has 5 rings (SSSR count). The van der Waals surface area contributed by atoms with Crippen molar-refractivity contribution >= 4 is 11.8 Å². The Morgan fingerprint density at radius 1 is 0.939 bits per heavy atom. The van der Waals surface area contributed by atoms with Crippen molar-refractivity contribution < 1.29 is 18.4 Å². The zero-order valence-corrected chi connectivity index (χ0v) is 18.8. The molecule has 1 N–H and O–H groups in total. The molecule has 2 aliphatic heterocycles. The van der Waals surface area contributed by atoms with Crippen molar-refractivity contribution in [1.82, 2.24) is 10.2 Å². The average molecular weight is 453 g/mol. The number of nitrogens with one attached hydrogen (secondary N) is 1. The fourth-order valence-corrected chi connectivity index (χ4v) is 6.51. The van der Waals surface area contributed by atoms with Crippen molar-refractivity contribution in [2.75, 3.05) is 19.6 Å². The summed E-state index contributed by atoms with van der Waals surface area (Å²) in [5.74, 6) is -1.88. The third-order valence-corrected chi connectivity index (χ3v) is 8.35. The van der Waals surface area contributed by atoms with Gasteiger partial charge >= 0.3 is 0 Å². The molecule has 2 saturated heterocycles. The van der Waals surface area contributed by atoms with Crippen molar-refractivity contribution in [2.24, 2.45) is 5.41 Å². The van der Waals surface area contributed by atoms with E-state index < -0.39 is 22.5 Å². The number of hydrogen-bond acceptors (Lipinski definition) is 2. The Labute approximate surface area is 193 Å². The van der Waals surface area contributed by atoms with Crippen LogP contribution >= 0.6 is 0 Å². The SMILES string of the molecule is O=C1CC2(CCN(C(=O)C3(c4ccccc4)CCCC3)CC2)[C@H](c2cccc(F)c2F)CN1. The van der Waals surface area contributed by atoms with E-state index in [1.54, 1.807) is 6.07 Å². The zero-order chi connectivity index (χ0) is 23.1. The van der Waals surface area contributed by atoms with Gasteiger partial charge in [-0.1, -0.05) is 55.3 Å². The predicted octanol–water partition coefficient (Wildman–Crippen LogP) is 4.69. The Balaban J connectivity index is 1.40. The molecular weight excluding hydrogens is 422 g/mol. The molecule has 1 spiro atoms. The van der Waals surface area contributed by atoms with Crippen LogP contribution in [0.15, 0.2) is 48.5 Å². The molecule has 174 valence electrons. The van der Waals surface area contributed by atoms with Crippen LogP contribution in [-0.2, 0) is 15.0 Å². The molecule has 1 saturated carbocycles. The fourth-order valence-electron chi connectivity index (χ4n) is 6.51. The normalized spacial score (nSPS) is 24.0. The summed E-state index contributed by atoms with van der Waals surface area (Å²) in [6.07, 6.45) is 5.29. The molecule has 2 heterocycles. The lowest BCUT2D eigenvalue weighted by molar-refractivity contribution is -0.141. The summed E-state index contributed by atoms with van der Waals surface area (Å²) in [4.78, 5) is 28.2. The van der Waals surface area contributed by atoms with E-state index >= 15 is 0 Å². The lowest BCUT2D eigenvalue weighted by Crippen LogP contribution is -2.55. The number of piperidine rings is 2. The summed E-state index contributed by atoms with van der Waals surface area (Å²) in [6, 6.07) is 14.4. The van der Waals surface area contributed by atoms with Crippen LogP contribution in [0.2, 0.25) is 0 Å². The Hall–Kier alpha value is -2.76. The largest absolute Gasteiger partial charge is 0.355 e. The second-order valence-electron chi connectivity index (χ2n) is 9.99. The fraction of sp³-hybridized carbons (Fsp3) is 0.481. The number of nitrogens with zero attached hydrogens (tertiary/aromatic N) is 1. The van der Waals surface area contributed by atoms with Crippen molar-refractivity contribution in [2.45, 2.75) is 56.3 Å². The van der Waals surface area contributed by atoms with Gasteiger partial charge in [-0.15, -0.1) is 0 Å². The third kappa shape index (κ3) is 3.73. The molecule has 0 radical (unpaired) electrons. The van der Waals surface area contributed by atoms with Crippen LogP contribution in [0.4, 0.5) is 8.78 Å². The van der Waals surface area contributed by atoms with Crippen molar-refractivity contribution in [3.05, 3.63) is 71.3 Å². The molecule has 4 nitrogen and oxygen atoms in total. The molecular formula is C27H30F2N2O2.